The molecule has 22 heavy (non-hydrogen) atoms. The predicted octanol–water partition coefficient (Wildman–Crippen LogP) is 1.47. The number of benzene rings is 1. The van der Waals surface area contributed by atoms with Gasteiger partial charge < -0.3 is 5.32 Å². The summed E-state index contributed by atoms with van der Waals surface area (Å²) in [5.74, 6) is 0.0975. The van der Waals surface area contributed by atoms with Crippen LogP contribution >= 0.6 is 11.6 Å². The zero-order valence-electron chi connectivity index (χ0n) is 12.6. The smallest absolute Gasteiger partial charge is 0.234 e. The zero-order chi connectivity index (χ0) is 16.2. The molecule has 1 fully saturated rings. The number of hydrogen-bond donors (Lipinski definition) is 1. The second-order valence-corrected chi connectivity index (χ2v) is 8.26. The molecule has 1 saturated heterocycles. The summed E-state index contributed by atoms with van der Waals surface area (Å²) < 4.78 is 22.8. The van der Waals surface area contributed by atoms with Crippen LogP contribution < -0.4 is 5.32 Å². The number of amides is 1. The molecule has 1 aliphatic heterocycles. The highest BCUT2D eigenvalue weighted by Gasteiger charge is 2.29. The summed E-state index contributed by atoms with van der Waals surface area (Å²) in [5.41, 5.74) is 1.09. The minimum absolute atomic E-state index is 0.0576. The Balaban J connectivity index is 1.84. The Hall–Kier alpha value is -1.11. The van der Waals surface area contributed by atoms with E-state index in [0.29, 0.717) is 18.0 Å². The largest absolute Gasteiger partial charge is 0.351 e. The van der Waals surface area contributed by atoms with Crippen LogP contribution in [-0.2, 0) is 21.2 Å². The number of likely N-dealkylation sites (N-methyl/N-ethyl adjacent to an activating group) is 1. The van der Waals surface area contributed by atoms with Crippen LogP contribution in [0.2, 0.25) is 5.02 Å². The summed E-state index contributed by atoms with van der Waals surface area (Å²) in [6.07, 6.45) is 0.511. The molecule has 0 unspecified atom stereocenters. The molecule has 0 aromatic heterocycles. The molecule has 1 N–H and O–H groups in total. The first kappa shape index (κ1) is 17.2. The number of rotatable bonds is 6. The monoisotopic (exact) mass is 344 g/mol. The second kappa shape index (κ2) is 7.44. The number of nitrogens with one attached hydrogen (secondary N) is 1. The van der Waals surface area contributed by atoms with Gasteiger partial charge in [0.15, 0.2) is 9.84 Å². The van der Waals surface area contributed by atoms with Gasteiger partial charge in [-0.3, -0.25) is 9.69 Å². The van der Waals surface area contributed by atoms with E-state index in [-0.39, 0.29) is 30.0 Å². The number of nitrogens with zero attached hydrogens (tertiary/aromatic N) is 1. The van der Waals surface area contributed by atoms with Gasteiger partial charge >= 0.3 is 0 Å². The highest BCUT2D eigenvalue weighted by molar-refractivity contribution is 7.91. The van der Waals surface area contributed by atoms with E-state index in [0.717, 1.165) is 12.1 Å². The first-order chi connectivity index (χ1) is 10.4. The van der Waals surface area contributed by atoms with E-state index in [4.69, 9.17) is 11.6 Å². The molecule has 5 nitrogen and oxygen atoms in total. The van der Waals surface area contributed by atoms with Crippen LogP contribution in [0.3, 0.4) is 0 Å². The maximum Gasteiger partial charge on any atom is 0.234 e. The maximum absolute atomic E-state index is 12.1. The third-order valence-electron chi connectivity index (χ3n) is 3.73. The van der Waals surface area contributed by atoms with Crippen LogP contribution in [-0.4, -0.2) is 49.9 Å². The van der Waals surface area contributed by atoms with Crippen molar-refractivity contribution in [1.82, 2.24) is 10.2 Å². The number of carbonyl (C=O) groups excluding carboxylic acids is 1. The Morgan fingerprint density at radius 2 is 2.05 bits per heavy atom. The topological polar surface area (TPSA) is 66.5 Å². The molecule has 1 heterocycles. The van der Waals surface area contributed by atoms with E-state index in [2.05, 4.69) is 5.32 Å². The number of hydrogen-bond acceptors (Lipinski definition) is 4. The van der Waals surface area contributed by atoms with Crippen LogP contribution in [0.5, 0.6) is 0 Å². The van der Waals surface area contributed by atoms with Crippen molar-refractivity contribution >= 4 is 27.3 Å². The molecule has 1 amide bonds. The quantitative estimate of drug-likeness (QED) is 0.848. The molecular formula is C15H21ClN2O3S. The maximum atomic E-state index is 12.1. The van der Waals surface area contributed by atoms with Crippen LogP contribution in [0.15, 0.2) is 24.3 Å². The Morgan fingerprint density at radius 1 is 1.36 bits per heavy atom. The molecular weight excluding hydrogens is 324 g/mol. The number of halogens is 1. The highest BCUT2D eigenvalue weighted by Crippen LogP contribution is 2.13. The van der Waals surface area contributed by atoms with E-state index in [1.807, 2.05) is 36.1 Å². The fourth-order valence-corrected chi connectivity index (χ4v) is 4.31. The van der Waals surface area contributed by atoms with Gasteiger partial charge in [-0.2, -0.15) is 0 Å². The van der Waals surface area contributed by atoms with Crippen molar-refractivity contribution in [3.8, 4) is 0 Å². The van der Waals surface area contributed by atoms with Crippen molar-refractivity contribution in [3.05, 3.63) is 34.9 Å². The lowest BCUT2D eigenvalue weighted by atomic mass is 10.2. The molecule has 1 aliphatic rings. The molecule has 7 heteroatoms. The Morgan fingerprint density at radius 3 is 2.59 bits per heavy atom. The highest BCUT2D eigenvalue weighted by atomic mass is 35.5. The molecule has 0 radical (unpaired) electrons. The van der Waals surface area contributed by atoms with Gasteiger partial charge in [-0.1, -0.05) is 30.7 Å². The standard InChI is InChI=1S/C15H21ClN2O3S/c1-2-18(9-12-3-5-13(16)6-4-12)10-15(19)17-14-7-8-22(20,21)11-14/h3-6,14H,2,7-11H2,1H3,(H,17,19)/t14-/m0/s1. The fraction of sp³-hybridized carbons (Fsp3) is 0.533. The van der Waals surface area contributed by atoms with Crippen LogP contribution in [0.4, 0.5) is 0 Å². The van der Waals surface area contributed by atoms with Crippen molar-refractivity contribution < 1.29 is 13.2 Å². The third kappa shape index (κ3) is 5.26. The Labute approximate surface area is 136 Å². The summed E-state index contributed by atoms with van der Waals surface area (Å²) in [7, 11) is -2.97. The minimum Gasteiger partial charge on any atom is -0.351 e. The third-order valence-corrected chi connectivity index (χ3v) is 5.75. The summed E-state index contributed by atoms with van der Waals surface area (Å²) >= 11 is 5.86. The first-order valence-corrected chi connectivity index (χ1v) is 9.54. The van der Waals surface area contributed by atoms with Gasteiger partial charge in [0.05, 0.1) is 18.1 Å². The Kier molecular flexibility index (Phi) is 5.83. The minimum atomic E-state index is -2.97. The van der Waals surface area contributed by atoms with Gasteiger partial charge in [-0.15, -0.1) is 0 Å². The molecule has 0 bridgehead atoms. The van der Waals surface area contributed by atoms with E-state index in [1.165, 1.54) is 0 Å². The van der Waals surface area contributed by atoms with E-state index < -0.39 is 9.84 Å². The summed E-state index contributed by atoms with van der Waals surface area (Å²) in [6.45, 7) is 3.64. The lowest BCUT2D eigenvalue weighted by Crippen LogP contribution is -2.42. The summed E-state index contributed by atoms with van der Waals surface area (Å²) in [5, 5.41) is 3.50. The molecule has 0 saturated carbocycles. The van der Waals surface area contributed by atoms with Gasteiger partial charge in [0.1, 0.15) is 0 Å². The first-order valence-electron chi connectivity index (χ1n) is 7.34. The van der Waals surface area contributed by atoms with Crippen LogP contribution in [0.25, 0.3) is 0 Å². The van der Waals surface area contributed by atoms with Crippen molar-refractivity contribution in [3.63, 3.8) is 0 Å². The molecule has 1 aromatic rings. The van der Waals surface area contributed by atoms with E-state index in [9.17, 15) is 13.2 Å². The van der Waals surface area contributed by atoms with Crippen LogP contribution in [0, 0.1) is 0 Å². The predicted molar refractivity (Wildman–Crippen MR) is 87.6 cm³/mol. The lowest BCUT2D eigenvalue weighted by Gasteiger charge is -2.21. The summed E-state index contributed by atoms with van der Waals surface area (Å²) in [4.78, 5) is 14.1. The lowest BCUT2D eigenvalue weighted by molar-refractivity contribution is -0.122. The molecule has 2 rings (SSSR count). The van der Waals surface area contributed by atoms with Gasteiger partial charge in [0.2, 0.25) is 5.91 Å². The average Bonchev–Trinajstić information content (AvgIpc) is 2.79. The summed E-state index contributed by atoms with van der Waals surface area (Å²) in [6, 6.07) is 7.29. The molecule has 1 atom stereocenters. The van der Waals surface area contributed by atoms with Crippen molar-refractivity contribution in [1.29, 1.82) is 0 Å². The fourth-order valence-electron chi connectivity index (χ4n) is 2.51. The van der Waals surface area contributed by atoms with Crippen molar-refractivity contribution in [2.24, 2.45) is 0 Å². The van der Waals surface area contributed by atoms with Gasteiger partial charge in [-0.25, -0.2) is 8.42 Å². The van der Waals surface area contributed by atoms with Gasteiger partial charge in [-0.05, 0) is 30.7 Å². The normalized spacial score (nSPS) is 20.2. The van der Waals surface area contributed by atoms with Crippen molar-refractivity contribution in [2.45, 2.75) is 25.9 Å². The number of sulfone groups is 1. The van der Waals surface area contributed by atoms with Crippen molar-refractivity contribution in [2.75, 3.05) is 24.6 Å². The molecule has 0 aliphatic carbocycles. The molecule has 1 aromatic carbocycles. The van der Waals surface area contributed by atoms with Crippen LogP contribution in [0.1, 0.15) is 18.9 Å². The SMILES string of the molecule is CCN(CC(=O)N[C@H]1CCS(=O)(=O)C1)Cc1ccc(Cl)cc1. The van der Waals surface area contributed by atoms with Gasteiger partial charge in [0, 0.05) is 17.6 Å². The van der Waals surface area contributed by atoms with E-state index >= 15 is 0 Å². The van der Waals surface area contributed by atoms with Gasteiger partial charge in [0.25, 0.3) is 0 Å². The Bertz CT molecular complexity index is 616. The second-order valence-electron chi connectivity index (χ2n) is 5.60. The zero-order valence-corrected chi connectivity index (χ0v) is 14.2. The number of carbonyl (C=O) groups is 1. The average molecular weight is 345 g/mol. The molecule has 122 valence electrons. The van der Waals surface area contributed by atoms with E-state index in [1.54, 1.807) is 0 Å². The molecule has 0 spiro atoms.